The SMILES string of the molecule is CC(C)(C)c1ccc(C(=O)Nc2ccc3c(c2)N(C(=O)c2ccco2)CC3)cc1. The van der Waals surface area contributed by atoms with Crippen molar-refractivity contribution in [3.63, 3.8) is 0 Å². The normalized spacial score (nSPS) is 13.3. The second-order valence-electron chi connectivity index (χ2n) is 8.31. The smallest absolute Gasteiger partial charge is 0.293 e. The molecule has 2 heterocycles. The lowest BCUT2D eigenvalue weighted by molar-refractivity contribution is 0.0962. The number of nitrogens with one attached hydrogen (secondary N) is 1. The Balaban J connectivity index is 1.53. The monoisotopic (exact) mass is 388 g/mol. The van der Waals surface area contributed by atoms with Crippen molar-refractivity contribution < 1.29 is 14.0 Å². The van der Waals surface area contributed by atoms with Gasteiger partial charge in [0, 0.05) is 23.5 Å². The molecule has 0 bridgehead atoms. The van der Waals surface area contributed by atoms with E-state index in [1.165, 1.54) is 11.8 Å². The number of carbonyl (C=O) groups is 2. The van der Waals surface area contributed by atoms with Gasteiger partial charge in [0.15, 0.2) is 5.76 Å². The van der Waals surface area contributed by atoms with Gasteiger partial charge in [0.25, 0.3) is 11.8 Å². The molecule has 0 radical (unpaired) electrons. The van der Waals surface area contributed by atoms with Crippen LogP contribution >= 0.6 is 0 Å². The molecule has 0 aliphatic carbocycles. The van der Waals surface area contributed by atoms with Crippen LogP contribution in [0.2, 0.25) is 0 Å². The van der Waals surface area contributed by atoms with Gasteiger partial charge < -0.3 is 14.6 Å². The average molecular weight is 388 g/mol. The van der Waals surface area contributed by atoms with Gasteiger partial charge in [0.05, 0.1) is 6.26 Å². The number of hydrogen-bond donors (Lipinski definition) is 1. The van der Waals surface area contributed by atoms with Crippen molar-refractivity contribution in [2.75, 3.05) is 16.8 Å². The van der Waals surface area contributed by atoms with Gasteiger partial charge in [-0.05, 0) is 59.4 Å². The second-order valence-corrected chi connectivity index (χ2v) is 8.31. The molecule has 4 rings (SSSR count). The third kappa shape index (κ3) is 3.81. The molecule has 0 saturated carbocycles. The number of nitrogens with zero attached hydrogens (tertiary/aromatic N) is 1. The number of benzene rings is 2. The van der Waals surface area contributed by atoms with Crippen LogP contribution in [-0.2, 0) is 11.8 Å². The summed E-state index contributed by atoms with van der Waals surface area (Å²) in [5.74, 6) is -0.0338. The van der Waals surface area contributed by atoms with Gasteiger partial charge in [-0.1, -0.05) is 39.0 Å². The molecule has 2 aromatic carbocycles. The topological polar surface area (TPSA) is 62.6 Å². The molecular weight excluding hydrogens is 364 g/mol. The quantitative estimate of drug-likeness (QED) is 0.684. The lowest BCUT2D eigenvalue weighted by Crippen LogP contribution is -2.28. The van der Waals surface area contributed by atoms with E-state index in [4.69, 9.17) is 4.42 Å². The first-order valence-corrected chi connectivity index (χ1v) is 9.73. The predicted octanol–water partition coefficient (Wildman–Crippen LogP) is 5.03. The maximum absolute atomic E-state index is 12.7. The molecule has 5 nitrogen and oxygen atoms in total. The van der Waals surface area contributed by atoms with Crippen molar-refractivity contribution in [3.05, 3.63) is 83.3 Å². The molecule has 1 N–H and O–H groups in total. The fourth-order valence-corrected chi connectivity index (χ4v) is 3.53. The lowest BCUT2D eigenvalue weighted by Gasteiger charge is -2.19. The van der Waals surface area contributed by atoms with Crippen LogP contribution < -0.4 is 10.2 Å². The summed E-state index contributed by atoms with van der Waals surface area (Å²) in [6.45, 7) is 7.02. The van der Waals surface area contributed by atoms with Crippen LogP contribution in [0, 0.1) is 0 Å². The Labute approximate surface area is 170 Å². The van der Waals surface area contributed by atoms with E-state index in [9.17, 15) is 9.59 Å². The van der Waals surface area contributed by atoms with Crippen molar-refractivity contribution >= 4 is 23.2 Å². The summed E-state index contributed by atoms with van der Waals surface area (Å²) in [7, 11) is 0. The third-order valence-corrected chi connectivity index (χ3v) is 5.23. The zero-order valence-corrected chi connectivity index (χ0v) is 16.9. The molecule has 148 valence electrons. The molecule has 0 unspecified atom stereocenters. The zero-order valence-electron chi connectivity index (χ0n) is 16.9. The number of amides is 2. The summed E-state index contributed by atoms with van der Waals surface area (Å²) >= 11 is 0. The van der Waals surface area contributed by atoms with Crippen LogP contribution in [-0.4, -0.2) is 18.4 Å². The fourth-order valence-electron chi connectivity index (χ4n) is 3.53. The molecule has 1 aliphatic heterocycles. The zero-order chi connectivity index (χ0) is 20.6. The Bertz CT molecular complexity index is 1040. The van der Waals surface area contributed by atoms with Crippen molar-refractivity contribution in [2.45, 2.75) is 32.6 Å². The van der Waals surface area contributed by atoms with Crippen LogP contribution in [0.3, 0.4) is 0 Å². The Morgan fingerprint density at radius 2 is 1.79 bits per heavy atom. The highest BCUT2D eigenvalue weighted by atomic mass is 16.3. The summed E-state index contributed by atoms with van der Waals surface area (Å²) in [5, 5.41) is 2.94. The Hall–Kier alpha value is -3.34. The molecule has 0 fully saturated rings. The van der Waals surface area contributed by atoms with Gasteiger partial charge >= 0.3 is 0 Å². The lowest BCUT2D eigenvalue weighted by atomic mass is 9.87. The van der Waals surface area contributed by atoms with E-state index < -0.39 is 0 Å². The summed E-state index contributed by atoms with van der Waals surface area (Å²) in [5.41, 5.74) is 4.37. The minimum Gasteiger partial charge on any atom is -0.459 e. The molecule has 1 aromatic heterocycles. The average Bonchev–Trinajstić information content (AvgIpc) is 3.37. The Morgan fingerprint density at radius 3 is 2.45 bits per heavy atom. The maximum atomic E-state index is 12.7. The van der Waals surface area contributed by atoms with Crippen LogP contribution in [0.25, 0.3) is 0 Å². The molecular formula is C24H24N2O3. The van der Waals surface area contributed by atoms with Crippen LogP contribution in [0.1, 0.15) is 52.8 Å². The van der Waals surface area contributed by atoms with E-state index >= 15 is 0 Å². The predicted molar refractivity (Wildman–Crippen MR) is 114 cm³/mol. The largest absolute Gasteiger partial charge is 0.459 e. The number of furan rings is 1. The standard InChI is InChI=1S/C24H24N2O3/c1-24(2,3)18-9-6-17(7-10-18)22(27)25-19-11-8-16-12-13-26(20(16)15-19)23(28)21-5-4-14-29-21/h4-11,14-15H,12-13H2,1-3H3,(H,25,27). The molecule has 5 heteroatoms. The minimum atomic E-state index is -0.174. The van der Waals surface area contributed by atoms with Crippen molar-refractivity contribution in [3.8, 4) is 0 Å². The summed E-state index contributed by atoms with van der Waals surface area (Å²) in [6.07, 6.45) is 2.27. The van der Waals surface area contributed by atoms with Crippen LogP contribution in [0.4, 0.5) is 11.4 Å². The molecule has 1 aliphatic rings. The number of fused-ring (bicyclic) bond motifs is 1. The maximum Gasteiger partial charge on any atom is 0.293 e. The van der Waals surface area contributed by atoms with Gasteiger partial charge in [0.1, 0.15) is 0 Å². The van der Waals surface area contributed by atoms with Crippen LogP contribution in [0.15, 0.2) is 65.3 Å². The van der Waals surface area contributed by atoms with E-state index in [0.717, 1.165) is 17.7 Å². The Morgan fingerprint density at radius 1 is 1.03 bits per heavy atom. The van der Waals surface area contributed by atoms with Gasteiger partial charge in [-0.2, -0.15) is 0 Å². The first-order valence-electron chi connectivity index (χ1n) is 9.73. The van der Waals surface area contributed by atoms with E-state index in [-0.39, 0.29) is 17.2 Å². The van der Waals surface area contributed by atoms with Crippen molar-refractivity contribution in [1.29, 1.82) is 0 Å². The van der Waals surface area contributed by atoms with Crippen molar-refractivity contribution in [1.82, 2.24) is 0 Å². The highest BCUT2D eigenvalue weighted by Crippen LogP contribution is 2.32. The third-order valence-electron chi connectivity index (χ3n) is 5.23. The molecule has 0 saturated heterocycles. The van der Waals surface area contributed by atoms with Crippen LogP contribution in [0.5, 0.6) is 0 Å². The molecule has 0 spiro atoms. The first-order chi connectivity index (χ1) is 13.8. The second kappa shape index (κ2) is 7.24. The van der Waals surface area contributed by atoms with Gasteiger partial charge in [-0.15, -0.1) is 0 Å². The van der Waals surface area contributed by atoms with Gasteiger partial charge in [0.2, 0.25) is 0 Å². The molecule has 3 aromatic rings. The highest BCUT2D eigenvalue weighted by Gasteiger charge is 2.27. The van der Waals surface area contributed by atoms with E-state index in [1.807, 2.05) is 42.5 Å². The molecule has 29 heavy (non-hydrogen) atoms. The first kappa shape index (κ1) is 19.0. The molecule has 0 atom stereocenters. The number of hydrogen-bond acceptors (Lipinski definition) is 3. The number of carbonyl (C=O) groups excluding carboxylic acids is 2. The summed E-state index contributed by atoms with van der Waals surface area (Å²) in [4.78, 5) is 27.1. The molecule has 2 amide bonds. The fraction of sp³-hybridized carbons (Fsp3) is 0.250. The summed E-state index contributed by atoms with van der Waals surface area (Å²) < 4.78 is 5.25. The number of rotatable bonds is 3. The van der Waals surface area contributed by atoms with E-state index in [2.05, 4.69) is 26.1 Å². The van der Waals surface area contributed by atoms with Crippen molar-refractivity contribution in [2.24, 2.45) is 0 Å². The van der Waals surface area contributed by atoms with Gasteiger partial charge in [-0.3, -0.25) is 9.59 Å². The summed E-state index contributed by atoms with van der Waals surface area (Å²) in [6, 6.07) is 16.7. The van der Waals surface area contributed by atoms with E-state index in [0.29, 0.717) is 23.6 Å². The minimum absolute atomic E-state index is 0.0407. The number of anilines is 2. The van der Waals surface area contributed by atoms with E-state index in [1.54, 1.807) is 17.0 Å². The Kier molecular flexibility index (Phi) is 4.74. The van der Waals surface area contributed by atoms with Gasteiger partial charge in [-0.25, -0.2) is 0 Å². The highest BCUT2D eigenvalue weighted by molar-refractivity contribution is 6.07.